The topological polar surface area (TPSA) is 30.2 Å². The second-order valence-electron chi connectivity index (χ2n) is 2.97. The first kappa shape index (κ1) is 9.56. The molecule has 0 amide bonds. The Morgan fingerprint density at radius 1 is 1.29 bits per heavy atom. The molecule has 0 N–H and O–H groups in total. The number of hydrogen-bond acceptors (Lipinski definition) is 2. The van der Waals surface area contributed by atoms with Crippen molar-refractivity contribution in [1.29, 1.82) is 0 Å². The summed E-state index contributed by atoms with van der Waals surface area (Å²) in [6, 6.07) is 4.92. The summed E-state index contributed by atoms with van der Waals surface area (Å²) in [6.07, 6.45) is 0. The first-order chi connectivity index (χ1) is 6.58. The summed E-state index contributed by atoms with van der Waals surface area (Å²) in [5.74, 6) is 0.164. The molecule has 0 unspecified atom stereocenters. The van der Waals surface area contributed by atoms with E-state index in [1.807, 2.05) is 0 Å². The number of fused-ring (bicyclic) bond motifs is 1. The lowest BCUT2D eigenvalue weighted by Crippen LogP contribution is -1.85. The number of carbonyl (C=O) groups excluding carboxylic acids is 1. The molecule has 72 valence electrons. The molecule has 0 fully saturated rings. The van der Waals surface area contributed by atoms with Crippen molar-refractivity contribution < 1.29 is 9.21 Å². The van der Waals surface area contributed by atoms with E-state index in [9.17, 15) is 4.79 Å². The monoisotopic (exact) mass is 228 g/mol. The zero-order chi connectivity index (χ0) is 10.3. The minimum absolute atomic E-state index is 0.131. The fraction of sp³-hybridized carbons (Fsp3) is 0.100. The first-order valence-corrected chi connectivity index (χ1v) is 4.73. The van der Waals surface area contributed by atoms with Gasteiger partial charge in [-0.3, -0.25) is 4.79 Å². The molecule has 0 saturated carbocycles. The summed E-state index contributed by atoms with van der Waals surface area (Å²) < 4.78 is 5.28. The Morgan fingerprint density at radius 2 is 2.00 bits per heavy atom. The third kappa shape index (κ3) is 1.51. The Labute approximate surface area is 90.4 Å². The number of hydrogen-bond donors (Lipinski definition) is 0. The summed E-state index contributed by atoms with van der Waals surface area (Å²) >= 11 is 11.7. The molecule has 2 rings (SSSR count). The molecular formula is C10H6Cl2O2. The zero-order valence-corrected chi connectivity index (χ0v) is 8.82. The van der Waals surface area contributed by atoms with E-state index in [-0.39, 0.29) is 5.78 Å². The van der Waals surface area contributed by atoms with Gasteiger partial charge in [0.2, 0.25) is 0 Å². The summed E-state index contributed by atoms with van der Waals surface area (Å²) in [7, 11) is 0. The molecular weight excluding hydrogens is 223 g/mol. The number of ketones is 1. The number of halogens is 2. The van der Waals surface area contributed by atoms with Crippen LogP contribution in [0.4, 0.5) is 0 Å². The summed E-state index contributed by atoms with van der Waals surface area (Å²) in [5, 5.41) is 1.69. The number of furan rings is 1. The smallest absolute Gasteiger partial charge is 0.194 e. The maximum absolute atomic E-state index is 11.0. The highest BCUT2D eigenvalue weighted by atomic mass is 35.5. The highest BCUT2D eigenvalue weighted by Gasteiger charge is 2.11. The summed E-state index contributed by atoms with van der Waals surface area (Å²) in [4.78, 5) is 11.0. The molecule has 2 nitrogen and oxygen atoms in total. The quantitative estimate of drug-likeness (QED) is 0.693. The summed E-state index contributed by atoms with van der Waals surface area (Å²) in [5.41, 5.74) is 0.501. The third-order valence-electron chi connectivity index (χ3n) is 1.88. The van der Waals surface area contributed by atoms with Crippen LogP contribution in [-0.2, 0) is 0 Å². The number of Topliss-reactive ketones (excluding diaryl/α,β-unsaturated/α-hetero) is 1. The summed E-state index contributed by atoms with van der Waals surface area (Å²) in [6.45, 7) is 1.44. The maximum atomic E-state index is 11.0. The Hall–Kier alpha value is -0.990. The van der Waals surface area contributed by atoms with Crippen LogP contribution in [0.5, 0.6) is 0 Å². The van der Waals surface area contributed by atoms with Crippen molar-refractivity contribution in [2.45, 2.75) is 6.92 Å². The molecule has 1 aromatic heterocycles. The van der Waals surface area contributed by atoms with Gasteiger partial charge in [-0.1, -0.05) is 23.2 Å². The predicted octanol–water partition coefficient (Wildman–Crippen LogP) is 3.94. The molecule has 0 aliphatic rings. The Kier molecular flexibility index (Phi) is 2.25. The number of rotatable bonds is 1. The second-order valence-corrected chi connectivity index (χ2v) is 3.82. The van der Waals surface area contributed by atoms with Gasteiger partial charge in [0.1, 0.15) is 0 Å². The van der Waals surface area contributed by atoms with Crippen LogP contribution in [0.3, 0.4) is 0 Å². The third-order valence-corrected chi connectivity index (χ3v) is 2.38. The Balaban J connectivity index is 2.76. The van der Waals surface area contributed by atoms with Crippen molar-refractivity contribution in [3.8, 4) is 0 Å². The standard InChI is InChI=1S/C10H6Cl2O2/c1-5(13)9-3-6-2-7(11)4-8(12)10(6)14-9/h2-4H,1H3. The average molecular weight is 229 g/mol. The lowest BCUT2D eigenvalue weighted by atomic mass is 10.2. The Morgan fingerprint density at radius 3 is 2.64 bits per heavy atom. The average Bonchev–Trinajstić information content (AvgIpc) is 2.47. The van der Waals surface area contributed by atoms with Crippen molar-refractivity contribution in [3.05, 3.63) is 34.0 Å². The van der Waals surface area contributed by atoms with Gasteiger partial charge in [-0.2, -0.15) is 0 Å². The molecule has 0 atom stereocenters. The molecule has 0 aliphatic heterocycles. The van der Waals surface area contributed by atoms with Crippen molar-refractivity contribution in [3.63, 3.8) is 0 Å². The molecule has 2 aromatic rings. The van der Waals surface area contributed by atoms with Crippen LogP contribution in [0.15, 0.2) is 22.6 Å². The van der Waals surface area contributed by atoms with Gasteiger partial charge in [0, 0.05) is 17.3 Å². The van der Waals surface area contributed by atoms with Crippen LogP contribution < -0.4 is 0 Å². The van der Waals surface area contributed by atoms with Gasteiger partial charge in [0.15, 0.2) is 17.1 Å². The highest BCUT2D eigenvalue weighted by molar-refractivity contribution is 6.38. The van der Waals surface area contributed by atoms with E-state index in [2.05, 4.69) is 0 Å². The van der Waals surface area contributed by atoms with E-state index >= 15 is 0 Å². The van der Waals surface area contributed by atoms with Crippen LogP contribution >= 0.6 is 23.2 Å². The minimum Gasteiger partial charge on any atom is -0.451 e. The molecule has 0 radical (unpaired) electrons. The molecule has 14 heavy (non-hydrogen) atoms. The predicted molar refractivity (Wildman–Crippen MR) is 56.2 cm³/mol. The largest absolute Gasteiger partial charge is 0.451 e. The van der Waals surface area contributed by atoms with E-state index in [0.29, 0.717) is 21.4 Å². The van der Waals surface area contributed by atoms with Gasteiger partial charge < -0.3 is 4.42 Å². The molecule has 0 aliphatic carbocycles. The van der Waals surface area contributed by atoms with Crippen molar-refractivity contribution in [2.24, 2.45) is 0 Å². The molecule has 0 saturated heterocycles. The van der Waals surface area contributed by atoms with E-state index in [1.165, 1.54) is 6.92 Å². The van der Waals surface area contributed by atoms with E-state index in [0.717, 1.165) is 5.39 Å². The fourth-order valence-corrected chi connectivity index (χ4v) is 1.80. The van der Waals surface area contributed by atoms with E-state index < -0.39 is 0 Å². The van der Waals surface area contributed by atoms with E-state index in [4.69, 9.17) is 27.6 Å². The Bertz CT molecular complexity index is 514. The zero-order valence-electron chi connectivity index (χ0n) is 7.30. The molecule has 1 aromatic carbocycles. The van der Waals surface area contributed by atoms with Gasteiger partial charge in [-0.15, -0.1) is 0 Å². The lowest BCUT2D eigenvalue weighted by Gasteiger charge is -1.92. The SMILES string of the molecule is CC(=O)c1cc2cc(Cl)cc(Cl)c2o1. The van der Waals surface area contributed by atoms with Crippen molar-refractivity contribution in [1.82, 2.24) is 0 Å². The van der Waals surface area contributed by atoms with Crippen LogP contribution in [0.2, 0.25) is 10.0 Å². The van der Waals surface area contributed by atoms with Gasteiger partial charge in [0.05, 0.1) is 5.02 Å². The maximum Gasteiger partial charge on any atom is 0.194 e. The van der Waals surface area contributed by atoms with E-state index in [1.54, 1.807) is 18.2 Å². The normalized spacial score (nSPS) is 10.8. The lowest BCUT2D eigenvalue weighted by molar-refractivity contribution is 0.0989. The van der Waals surface area contributed by atoms with Crippen LogP contribution in [0, 0.1) is 0 Å². The fourth-order valence-electron chi connectivity index (χ4n) is 1.25. The molecule has 4 heteroatoms. The van der Waals surface area contributed by atoms with Crippen molar-refractivity contribution in [2.75, 3.05) is 0 Å². The van der Waals surface area contributed by atoms with Crippen LogP contribution in [-0.4, -0.2) is 5.78 Å². The first-order valence-electron chi connectivity index (χ1n) is 3.97. The molecule has 0 spiro atoms. The van der Waals surface area contributed by atoms with Gasteiger partial charge in [0.25, 0.3) is 0 Å². The van der Waals surface area contributed by atoms with Gasteiger partial charge >= 0.3 is 0 Å². The highest BCUT2D eigenvalue weighted by Crippen LogP contribution is 2.30. The van der Waals surface area contributed by atoms with Gasteiger partial charge in [-0.05, 0) is 18.2 Å². The molecule has 1 heterocycles. The van der Waals surface area contributed by atoms with Crippen LogP contribution in [0.1, 0.15) is 17.5 Å². The minimum atomic E-state index is -0.131. The van der Waals surface area contributed by atoms with Crippen molar-refractivity contribution >= 4 is 40.0 Å². The number of benzene rings is 1. The van der Waals surface area contributed by atoms with Gasteiger partial charge in [-0.25, -0.2) is 0 Å². The van der Waals surface area contributed by atoms with Crippen LogP contribution in [0.25, 0.3) is 11.0 Å². The second kappa shape index (κ2) is 3.30. The number of carbonyl (C=O) groups is 1. The molecule has 0 bridgehead atoms.